The summed E-state index contributed by atoms with van der Waals surface area (Å²) >= 11 is 5.95. The van der Waals surface area contributed by atoms with Crippen LogP contribution < -0.4 is 5.43 Å². The number of rotatable bonds is 7. The number of hydrazone groups is 1. The van der Waals surface area contributed by atoms with E-state index in [0.29, 0.717) is 11.3 Å². The third-order valence-electron chi connectivity index (χ3n) is 4.69. The Morgan fingerprint density at radius 3 is 2.47 bits per heavy atom. The minimum atomic E-state index is -1.14. The molecular weight excluding hydrogens is 442 g/mol. The van der Waals surface area contributed by atoms with Crippen molar-refractivity contribution in [3.8, 4) is 5.69 Å². The molecule has 0 aliphatic heterocycles. The number of nitrogens with zero attached hydrogens (tertiary/aromatic N) is 4. The number of halogens is 1. The molecule has 164 valence electrons. The van der Waals surface area contributed by atoms with Crippen molar-refractivity contribution in [3.05, 3.63) is 90.2 Å². The van der Waals surface area contributed by atoms with Crippen molar-refractivity contribution < 1.29 is 19.7 Å². The zero-order valence-corrected chi connectivity index (χ0v) is 17.5. The molecule has 32 heavy (non-hydrogen) atoms. The van der Waals surface area contributed by atoms with Gasteiger partial charge in [0.05, 0.1) is 32.7 Å². The van der Waals surface area contributed by atoms with Gasteiger partial charge in [-0.3, -0.25) is 25.7 Å². The lowest BCUT2D eigenvalue weighted by Gasteiger charge is -2.11. The molecule has 2 N–H and O–H groups in total. The lowest BCUT2D eigenvalue weighted by Crippen LogP contribution is -2.04. The van der Waals surface area contributed by atoms with Gasteiger partial charge in [0.25, 0.3) is 5.69 Å². The van der Waals surface area contributed by atoms with Gasteiger partial charge in [-0.25, -0.2) is 4.79 Å². The molecule has 1 heterocycles. The molecule has 1 aromatic heterocycles. The normalized spacial score (nSPS) is 11.0. The van der Waals surface area contributed by atoms with E-state index in [1.54, 1.807) is 19.1 Å². The summed E-state index contributed by atoms with van der Waals surface area (Å²) in [5.74, 6) is -1.14. The molecule has 0 bridgehead atoms. The van der Waals surface area contributed by atoms with Crippen molar-refractivity contribution in [3.63, 3.8) is 0 Å². The number of carbonyl (C=O) groups is 1. The van der Waals surface area contributed by atoms with Crippen LogP contribution in [0.2, 0.25) is 5.02 Å². The van der Waals surface area contributed by atoms with E-state index in [0.717, 1.165) is 23.5 Å². The van der Waals surface area contributed by atoms with E-state index in [4.69, 9.17) is 11.6 Å². The summed E-state index contributed by atoms with van der Waals surface area (Å²) in [6.45, 7) is 3.63. The van der Waals surface area contributed by atoms with Gasteiger partial charge in [-0.05, 0) is 44.2 Å². The number of anilines is 1. The summed E-state index contributed by atoms with van der Waals surface area (Å²) in [4.78, 5) is 32.0. The number of carboxylic acids is 1. The highest BCUT2D eigenvalue weighted by molar-refractivity contribution is 6.33. The predicted octanol–water partition coefficient (Wildman–Crippen LogP) is 4.71. The van der Waals surface area contributed by atoms with Crippen molar-refractivity contribution in [2.75, 3.05) is 5.43 Å². The highest BCUT2D eigenvalue weighted by Gasteiger charge is 2.19. The number of nitro groups is 2. The Morgan fingerprint density at radius 1 is 1.12 bits per heavy atom. The fraction of sp³-hybridized carbons (Fsp3) is 0.100. The third kappa shape index (κ3) is 4.42. The van der Waals surface area contributed by atoms with Gasteiger partial charge in [-0.15, -0.1) is 0 Å². The first-order valence-corrected chi connectivity index (χ1v) is 9.42. The van der Waals surface area contributed by atoms with Crippen LogP contribution in [0.15, 0.2) is 47.6 Å². The Balaban J connectivity index is 1.91. The molecule has 3 rings (SSSR count). The molecule has 0 aliphatic carbocycles. The number of aromatic carboxylic acids is 1. The van der Waals surface area contributed by atoms with Crippen molar-refractivity contribution in [2.45, 2.75) is 13.8 Å². The standard InChI is InChI=1S/C20H16ClN5O6/c1-11-7-13(12(2)24(11)14-3-5-17(21)16(8-14)20(27)28)10-22-23-18-6-4-15(25(29)30)9-19(18)26(31)32/h3-10,23H,1-2H3,(H,27,28)/b22-10-. The van der Waals surface area contributed by atoms with Gasteiger partial charge in [0.2, 0.25) is 0 Å². The first-order chi connectivity index (χ1) is 15.1. The average molecular weight is 458 g/mol. The quantitative estimate of drug-likeness (QED) is 0.296. The van der Waals surface area contributed by atoms with Crippen LogP contribution >= 0.6 is 11.6 Å². The number of benzene rings is 2. The maximum atomic E-state index is 11.4. The molecule has 12 heteroatoms. The van der Waals surface area contributed by atoms with Crippen LogP contribution in [0.1, 0.15) is 27.3 Å². The number of non-ortho nitro benzene ring substituents is 1. The Morgan fingerprint density at radius 2 is 1.84 bits per heavy atom. The van der Waals surface area contributed by atoms with E-state index in [-0.39, 0.29) is 16.3 Å². The number of hydrogen-bond acceptors (Lipinski definition) is 7. The molecule has 0 aliphatic rings. The molecule has 11 nitrogen and oxygen atoms in total. The van der Waals surface area contributed by atoms with E-state index in [1.165, 1.54) is 24.4 Å². The lowest BCUT2D eigenvalue weighted by molar-refractivity contribution is -0.393. The van der Waals surface area contributed by atoms with Crippen LogP contribution in [-0.4, -0.2) is 31.7 Å². The number of nitro benzene ring substituents is 2. The Hall–Kier alpha value is -4.25. The highest BCUT2D eigenvalue weighted by Crippen LogP contribution is 2.29. The van der Waals surface area contributed by atoms with E-state index in [9.17, 15) is 30.1 Å². The minimum absolute atomic E-state index is 0.00513. The monoisotopic (exact) mass is 457 g/mol. The number of nitrogens with one attached hydrogen (secondary N) is 1. The molecule has 0 fully saturated rings. The molecule has 2 aromatic carbocycles. The molecular formula is C20H16ClN5O6. The van der Waals surface area contributed by atoms with Crippen LogP contribution in [0.3, 0.4) is 0 Å². The number of carboxylic acid groups (broad SMARTS) is 1. The highest BCUT2D eigenvalue weighted by atomic mass is 35.5. The van der Waals surface area contributed by atoms with Crippen molar-refractivity contribution >= 4 is 40.8 Å². The SMILES string of the molecule is Cc1cc(/C=N\Nc2ccc([N+](=O)[O-])cc2[N+](=O)[O-])c(C)n1-c1ccc(Cl)c(C(=O)O)c1. The van der Waals surface area contributed by atoms with Gasteiger partial charge in [-0.1, -0.05) is 11.6 Å². The summed E-state index contributed by atoms with van der Waals surface area (Å²) < 4.78 is 1.82. The Bertz CT molecular complexity index is 1280. The summed E-state index contributed by atoms with van der Waals surface area (Å²) in [6, 6.07) is 9.65. The summed E-state index contributed by atoms with van der Waals surface area (Å²) in [7, 11) is 0. The molecule has 0 spiro atoms. The maximum absolute atomic E-state index is 11.4. The zero-order valence-electron chi connectivity index (χ0n) is 16.8. The van der Waals surface area contributed by atoms with E-state index in [2.05, 4.69) is 10.5 Å². The van der Waals surface area contributed by atoms with Gasteiger partial charge in [-0.2, -0.15) is 5.10 Å². The van der Waals surface area contributed by atoms with Crippen LogP contribution in [0.5, 0.6) is 0 Å². The van der Waals surface area contributed by atoms with Crippen molar-refractivity contribution in [1.29, 1.82) is 0 Å². The maximum Gasteiger partial charge on any atom is 0.337 e. The van der Waals surface area contributed by atoms with Gasteiger partial charge < -0.3 is 9.67 Å². The topological polar surface area (TPSA) is 153 Å². The summed E-state index contributed by atoms with van der Waals surface area (Å²) in [5, 5.41) is 35.5. The van der Waals surface area contributed by atoms with Crippen LogP contribution in [0.25, 0.3) is 5.69 Å². The average Bonchev–Trinajstić information content (AvgIpc) is 3.01. The summed E-state index contributed by atoms with van der Waals surface area (Å²) in [5.41, 5.74) is 4.42. The van der Waals surface area contributed by atoms with Crippen LogP contribution in [0.4, 0.5) is 17.1 Å². The molecule has 0 saturated carbocycles. The molecule has 0 radical (unpaired) electrons. The third-order valence-corrected chi connectivity index (χ3v) is 5.02. The first kappa shape index (κ1) is 22.4. The molecule has 3 aromatic rings. The van der Waals surface area contributed by atoms with Gasteiger partial charge in [0.1, 0.15) is 5.69 Å². The predicted molar refractivity (Wildman–Crippen MR) is 118 cm³/mol. The van der Waals surface area contributed by atoms with E-state index < -0.39 is 27.2 Å². The Labute approximate surface area is 185 Å². The van der Waals surface area contributed by atoms with Crippen LogP contribution in [0, 0.1) is 34.1 Å². The largest absolute Gasteiger partial charge is 0.478 e. The fourth-order valence-electron chi connectivity index (χ4n) is 3.18. The van der Waals surface area contributed by atoms with Gasteiger partial charge in [0, 0.05) is 28.7 Å². The minimum Gasteiger partial charge on any atom is -0.478 e. The molecule has 0 saturated heterocycles. The Kier molecular flexibility index (Phi) is 6.21. The lowest BCUT2D eigenvalue weighted by atomic mass is 10.2. The second-order valence-corrected chi connectivity index (χ2v) is 7.12. The summed E-state index contributed by atoms with van der Waals surface area (Å²) in [6.07, 6.45) is 1.44. The second kappa shape index (κ2) is 8.86. The van der Waals surface area contributed by atoms with Crippen LogP contribution in [-0.2, 0) is 0 Å². The smallest absolute Gasteiger partial charge is 0.337 e. The second-order valence-electron chi connectivity index (χ2n) is 6.72. The van der Waals surface area contributed by atoms with E-state index in [1.807, 2.05) is 11.5 Å². The van der Waals surface area contributed by atoms with Gasteiger partial charge in [0.15, 0.2) is 0 Å². The number of aryl methyl sites for hydroxylation is 1. The number of aromatic nitrogens is 1. The zero-order chi connectivity index (χ0) is 23.6. The van der Waals surface area contributed by atoms with Gasteiger partial charge >= 0.3 is 11.7 Å². The molecule has 0 unspecified atom stereocenters. The first-order valence-electron chi connectivity index (χ1n) is 9.04. The molecule has 0 amide bonds. The van der Waals surface area contributed by atoms with Crippen molar-refractivity contribution in [2.24, 2.45) is 5.10 Å². The molecule has 0 atom stereocenters. The fourth-order valence-corrected chi connectivity index (χ4v) is 3.38. The number of hydrogen-bond donors (Lipinski definition) is 2. The van der Waals surface area contributed by atoms with Crippen molar-refractivity contribution in [1.82, 2.24) is 4.57 Å². The van der Waals surface area contributed by atoms with E-state index >= 15 is 0 Å².